The third kappa shape index (κ3) is 7.83. The molecule has 168 valence electrons. The van der Waals surface area contributed by atoms with Gasteiger partial charge in [-0.15, -0.1) is 0 Å². The second-order valence-electron chi connectivity index (χ2n) is 7.99. The Hall–Kier alpha value is -2.66. The molecular weight excluding hydrogens is 390 g/mol. The van der Waals surface area contributed by atoms with Gasteiger partial charge < -0.3 is 25.1 Å². The van der Waals surface area contributed by atoms with Crippen LogP contribution in [-0.4, -0.2) is 25.1 Å². The summed E-state index contributed by atoms with van der Waals surface area (Å²) in [5.74, 6) is 2.38. The van der Waals surface area contributed by atoms with Gasteiger partial charge in [-0.3, -0.25) is 0 Å². The van der Waals surface area contributed by atoms with Crippen molar-refractivity contribution < 1.29 is 19.3 Å². The van der Waals surface area contributed by atoms with Crippen molar-refractivity contribution in [3.05, 3.63) is 53.6 Å². The van der Waals surface area contributed by atoms with E-state index in [4.69, 9.17) is 25.1 Å². The minimum atomic E-state index is 0.260. The Morgan fingerprint density at radius 3 is 2.19 bits per heavy atom. The van der Waals surface area contributed by atoms with E-state index in [1.54, 1.807) is 0 Å². The molecule has 1 aliphatic heterocycles. The number of fused-ring (bicyclic) bond motifs is 1. The first-order valence-electron chi connectivity index (χ1n) is 11.5. The summed E-state index contributed by atoms with van der Waals surface area (Å²) in [6.45, 7) is 1.34. The number of hydrogen-bond acceptors (Lipinski definition) is 5. The first-order valence-corrected chi connectivity index (χ1v) is 11.5. The molecule has 3 N–H and O–H groups in total. The molecule has 0 amide bonds. The molecule has 2 aromatic carbocycles. The van der Waals surface area contributed by atoms with E-state index in [-0.39, 0.29) is 6.79 Å². The SMILES string of the molecule is N/C(=C\c1ccc(OCCCCCCCCCCCO)cc1)c1ccc2c(c1)OCO2. The van der Waals surface area contributed by atoms with E-state index in [1.807, 2.05) is 48.5 Å². The van der Waals surface area contributed by atoms with Crippen LogP contribution in [0.25, 0.3) is 11.8 Å². The van der Waals surface area contributed by atoms with Crippen LogP contribution in [-0.2, 0) is 0 Å². The van der Waals surface area contributed by atoms with Gasteiger partial charge in [0.25, 0.3) is 0 Å². The smallest absolute Gasteiger partial charge is 0.231 e. The topological polar surface area (TPSA) is 73.9 Å². The van der Waals surface area contributed by atoms with E-state index in [9.17, 15) is 0 Å². The highest BCUT2D eigenvalue weighted by atomic mass is 16.7. The molecule has 0 saturated heterocycles. The molecule has 2 aromatic rings. The van der Waals surface area contributed by atoms with Crippen molar-refractivity contribution in [3.63, 3.8) is 0 Å². The lowest BCUT2D eigenvalue weighted by Crippen LogP contribution is -1.98. The molecule has 0 saturated carbocycles. The molecule has 31 heavy (non-hydrogen) atoms. The van der Waals surface area contributed by atoms with Crippen LogP contribution < -0.4 is 19.9 Å². The van der Waals surface area contributed by atoms with E-state index in [0.717, 1.165) is 54.2 Å². The van der Waals surface area contributed by atoms with Crippen molar-refractivity contribution in [2.45, 2.75) is 57.8 Å². The van der Waals surface area contributed by atoms with Gasteiger partial charge in [-0.2, -0.15) is 0 Å². The van der Waals surface area contributed by atoms with Crippen LogP contribution in [0.4, 0.5) is 0 Å². The van der Waals surface area contributed by atoms with Crippen molar-refractivity contribution in [3.8, 4) is 17.2 Å². The zero-order valence-electron chi connectivity index (χ0n) is 18.4. The summed E-state index contributed by atoms with van der Waals surface area (Å²) in [6.07, 6.45) is 12.8. The monoisotopic (exact) mass is 425 g/mol. The van der Waals surface area contributed by atoms with Crippen LogP contribution in [0.5, 0.6) is 17.2 Å². The van der Waals surface area contributed by atoms with Gasteiger partial charge >= 0.3 is 0 Å². The Labute approximate surface area is 185 Å². The van der Waals surface area contributed by atoms with Crippen LogP contribution in [0, 0.1) is 0 Å². The number of rotatable bonds is 14. The predicted octanol–water partition coefficient (Wildman–Crippen LogP) is 5.75. The van der Waals surface area contributed by atoms with Gasteiger partial charge in [-0.05, 0) is 54.8 Å². The summed E-state index contributed by atoms with van der Waals surface area (Å²) in [5, 5.41) is 8.76. The molecule has 0 spiro atoms. The van der Waals surface area contributed by atoms with E-state index < -0.39 is 0 Å². The molecule has 0 fully saturated rings. The second-order valence-corrected chi connectivity index (χ2v) is 7.99. The summed E-state index contributed by atoms with van der Waals surface area (Å²) >= 11 is 0. The number of nitrogens with two attached hydrogens (primary N) is 1. The van der Waals surface area contributed by atoms with E-state index in [1.165, 1.54) is 38.5 Å². The maximum Gasteiger partial charge on any atom is 0.231 e. The van der Waals surface area contributed by atoms with Crippen LogP contribution in [0.1, 0.15) is 68.9 Å². The molecule has 5 heteroatoms. The third-order valence-electron chi connectivity index (χ3n) is 5.48. The number of unbranched alkanes of at least 4 members (excludes halogenated alkanes) is 8. The van der Waals surface area contributed by atoms with Crippen molar-refractivity contribution in [2.24, 2.45) is 5.73 Å². The van der Waals surface area contributed by atoms with Gasteiger partial charge in [0.15, 0.2) is 11.5 Å². The standard InChI is InChI=1S/C26H35NO4/c27-24(22-12-15-25-26(19-22)31-20-30-25)18-21-10-13-23(14-11-21)29-17-9-7-5-3-1-2-4-6-8-16-28/h10-15,18-19,28H,1-9,16-17,20,27H2/b24-18-. The van der Waals surface area contributed by atoms with Crippen LogP contribution >= 0.6 is 0 Å². The highest BCUT2D eigenvalue weighted by molar-refractivity contribution is 5.80. The minimum absolute atomic E-state index is 0.260. The number of hydrogen-bond donors (Lipinski definition) is 2. The summed E-state index contributed by atoms with van der Waals surface area (Å²) in [7, 11) is 0. The fourth-order valence-corrected chi connectivity index (χ4v) is 3.64. The van der Waals surface area contributed by atoms with Crippen LogP contribution in [0.3, 0.4) is 0 Å². The van der Waals surface area contributed by atoms with Crippen molar-refractivity contribution in [1.29, 1.82) is 0 Å². The number of aliphatic hydroxyl groups excluding tert-OH is 1. The summed E-state index contributed by atoms with van der Waals surface area (Å²) < 4.78 is 16.6. The highest BCUT2D eigenvalue weighted by Gasteiger charge is 2.13. The van der Waals surface area contributed by atoms with E-state index in [2.05, 4.69) is 0 Å². The van der Waals surface area contributed by atoms with Gasteiger partial charge in [0, 0.05) is 17.9 Å². The quantitative estimate of drug-likeness (QED) is 0.298. The molecule has 5 nitrogen and oxygen atoms in total. The molecule has 1 heterocycles. The summed E-state index contributed by atoms with van der Waals surface area (Å²) in [6, 6.07) is 13.7. The number of aliphatic hydroxyl groups is 1. The largest absolute Gasteiger partial charge is 0.494 e. The molecule has 0 aromatic heterocycles. The number of ether oxygens (including phenoxy) is 3. The summed E-state index contributed by atoms with van der Waals surface area (Å²) in [5.41, 5.74) is 8.88. The predicted molar refractivity (Wildman–Crippen MR) is 125 cm³/mol. The van der Waals surface area contributed by atoms with Gasteiger partial charge in [0.1, 0.15) is 5.75 Å². The van der Waals surface area contributed by atoms with Crippen molar-refractivity contribution >= 4 is 11.8 Å². The lowest BCUT2D eigenvalue weighted by Gasteiger charge is -2.07. The fraction of sp³-hybridized carbons (Fsp3) is 0.462. The average Bonchev–Trinajstić information content (AvgIpc) is 3.26. The Balaban J connectivity index is 1.32. The van der Waals surface area contributed by atoms with E-state index in [0.29, 0.717) is 12.3 Å². The lowest BCUT2D eigenvalue weighted by molar-refractivity contribution is 0.174. The Kier molecular flexibility index (Phi) is 9.58. The molecule has 0 aliphatic carbocycles. The molecule has 0 unspecified atom stereocenters. The number of benzene rings is 2. The second kappa shape index (κ2) is 12.9. The Bertz CT molecular complexity index is 817. The zero-order chi connectivity index (χ0) is 21.7. The highest BCUT2D eigenvalue weighted by Crippen LogP contribution is 2.34. The Morgan fingerprint density at radius 1 is 0.839 bits per heavy atom. The third-order valence-corrected chi connectivity index (χ3v) is 5.48. The zero-order valence-corrected chi connectivity index (χ0v) is 18.4. The van der Waals surface area contributed by atoms with Crippen molar-refractivity contribution in [1.82, 2.24) is 0 Å². The van der Waals surface area contributed by atoms with Gasteiger partial charge in [0.2, 0.25) is 6.79 Å². The maximum absolute atomic E-state index is 8.76. The molecular formula is C26H35NO4. The van der Waals surface area contributed by atoms with E-state index >= 15 is 0 Å². The van der Waals surface area contributed by atoms with Gasteiger partial charge in [-0.1, -0.05) is 57.1 Å². The van der Waals surface area contributed by atoms with Crippen LogP contribution in [0.2, 0.25) is 0 Å². The minimum Gasteiger partial charge on any atom is -0.494 e. The average molecular weight is 426 g/mol. The first kappa shape index (κ1) is 23.0. The summed E-state index contributed by atoms with van der Waals surface area (Å²) in [4.78, 5) is 0. The molecule has 3 rings (SSSR count). The first-order chi connectivity index (χ1) is 15.3. The van der Waals surface area contributed by atoms with Crippen molar-refractivity contribution in [2.75, 3.05) is 20.0 Å². The van der Waals surface area contributed by atoms with Gasteiger partial charge in [0.05, 0.1) is 6.61 Å². The van der Waals surface area contributed by atoms with Crippen LogP contribution in [0.15, 0.2) is 42.5 Å². The lowest BCUT2D eigenvalue weighted by atomic mass is 10.1. The van der Waals surface area contributed by atoms with Gasteiger partial charge in [-0.25, -0.2) is 0 Å². The fourth-order valence-electron chi connectivity index (χ4n) is 3.64. The molecule has 0 radical (unpaired) electrons. The normalized spacial score (nSPS) is 12.9. The Morgan fingerprint density at radius 2 is 1.48 bits per heavy atom. The maximum atomic E-state index is 8.76. The molecule has 0 bridgehead atoms. The molecule has 1 aliphatic rings. The molecule has 0 atom stereocenters.